The third-order valence-electron chi connectivity index (χ3n) is 2.78. The number of rotatable bonds is 4. The molecule has 1 aromatic heterocycles. The van der Waals surface area contributed by atoms with Crippen LogP contribution in [0.4, 0.5) is 0 Å². The molecule has 6 heteroatoms. The maximum absolute atomic E-state index is 12.4. The minimum atomic E-state index is -0.453. The Balaban J connectivity index is 2.89. The molecule has 0 atom stereocenters. The van der Waals surface area contributed by atoms with Crippen molar-refractivity contribution < 1.29 is 14.3 Å². The van der Waals surface area contributed by atoms with E-state index in [-0.39, 0.29) is 11.9 Å². The number of ether oxygens (including phenoxy) is 1. The van der Waals surface area contributed by atoms with Gasteiger partial charge in [0.15, 0.2) is 5.69 Å². The van der Waals surface area contributed by atoms with Gasteiger partial charge in [0.25, 0.3) is 0 Å². The van der Waals surface area contributed by atoms with E-state index in [9.17, 15) is 9.59 Å². The lowest BCUT2D eigenvalue weighted by Crippen LogP contribution is -2.43. The maximum atomic E-state index is 12.4. The summed E-state index contributed by atoms with van der Waals surface area (Å²) in [5.74, 6) is -0.381. The molecule has 1 amide bonds. The van der Waals surface area contributed by atoms with Gasteiger partial charge >= 0.3 is 5.97 Å². The quantitative estimate of drug-likeness (QED) is 0.802. The van der Waals surface area contributed by atoms with Crippen molar-refractivity contribution in [2.24, 2.45) is 5.41 Å². The Morgan fingerprint density at radius 3 is 2.45 bits per heavy atom. The number of thiazole rings is 1. The van der Waals surface area contributed by atoms with Gasteiger partial charge in [0, 0.05) is 16.8 Å². The largest absolute Gasteiger partial charge is 0.464 e. The second kappa shape index (κ2) is 6.35. The highest BCUT2D eigenvalue weighted by atomic mass is 32.1. The van der Waals surface area contributed by atoms with Crippen LogP contribution in [-0.2, 0) is 16.1 Å². The summed E-state index contributed by atoms with van der Waals surface area (Å²) in [5, 5.41) is 2.39. The standard InChI is InChI=1S/C14H22N2O3S/c1-9(2)16(13(18)14(3,4)5)7-11-15-10(8-20-11)12(17)19-6/h8-9H,7H2,1-6H3. The van der Waals surface area contributed by atoms with Crippen LogP contribution in [0.2, 0.25) is 0 Å². The predicted molar refractivity (Wildman–Crippen MR) is 78.6 cm³/mol. The number of methoxy groups -OCH3 is 1. The fourth-order valence-electron chi connectivity index (χ4n) is 1.65. The van der Waals surface area contributed by atoms with Crippen molar-refractivity contribution in [3.63, 3.8) is 0 Å². The Morgan fingerprint density at radius 1 is 1.40 bits per heavy atom. The highest BCUT2D eigenvalue weighted by Crippen LogP contribution is 2.22. The van der Waals surface area contributed by atoms with E-state index in [1.165, 1.54) is 18.4 Å². The number of aromatic nitrogens is 1. The average molecular weight is 298 g/mol. The van der Waals surface area contributed by atoms with Crippen molar-refractivity contribution >= 4 is 23.2 Å². The Hall–Kier alpha value is -1.43. The zero-order valence-electron chi connectivity index (χ0n) is 12.9. The first kappa shape index (κ1) is 16.6. The molecule has 0 aromatic carbocycles. The SMILES string of the molecule is COC(=O)c1csc(CN(C(=O)C(C)(C)C)C(C)C)n1. The number of carbonyl (C=O) groups is 2. The van der Waals surface area contributed by atoms with Gasteiger partial charge in [-0.3, -0.25) is 4.79 Å². The smallest absolute Gasteiger partial charge is 0.357 e. The van der Waals surface area contributed by atoms with Gasteiger partial charge in [-0.15, -0.1) is 11.3 Å². The molecule has 5 nitrogen and oxygen atoms in total. The molecule has 1 rings (SSSR count). The number of esters is 1. The second-order valence-electron chi connectivity index (χ2n) is 5.89. The molecule has 0 fully saturated rings. The molecule has 0 saturated heterocycles. The Kier molecular flexibility index (Phi) is 5.28. The van der Waals surface area contributed by atoms with Gasteiger partial charge in [-0.05, 0) is 13.8 Å². The van der Waals surface area contributed by atoms with Gasteiger partial charge in [0.1, 0.15) is 5.01 Å². The van der Waals surface area contributed by atoms with Crippen LogP contribution in [0.1, 0.15) is 50.1 Å². The van der Waals surface area contributed by atoms with Crippen LogP contribution >= 0.6 is 11.3 Å². The lowest BCUT2D eigenvalue weighted by molar-refractivity contribution is -0.142. The Labute approximate surface area is 124 Å². The molecule has 0 radical (unpaired) electrons. The monoisotopic (exact) mass is 298 g/mol. The van der Waals surface area contributed by atoms with Crippen molar-refractivity contribution in [1.29, 1.82) is 0 Å². The number of carbonyl (C=O) groups excluding carboxylic acids is 2. The van der Waals surface area contributed by atoms with Gasteiger partial charge in [0.05, 0.1) is 13.7 Å². The zero-order valence-corrected chi connectivity index (χ0v) is 13.7. The van der Waals surface area contributed by atoms with E-state index in [0.717, 1.165) is 5.01 Å². The summed E-state index contributed by atoms with van der Waals surface area (Å²) in [6.45, 7) is 10.0. The first-order valence-electron chi connectivity index (χ1n) is 6.50. The highest BCUT2D eigenvalue weighted by molar-refractivity contribution is 7.09. The number of amides is 1. The third-order valence-corrected chi connectivity index (χ3v) is 3.61. The normalized spacial score (nSPS) is 11.6. The van der Waals surface area contributed by atoms with Gasteiger partial charge in [-0.25, -0.2) is 9.78 Å². The van der Waals surface area contributed by atoms with Crippen molar-refractivity contribution in [2.75, 3.05) is 7.11 Å². The Morgan fingerprint density at radius 2 is 2.00 bits per heavy atom. The van der Waals surface area contributed by atoms with E-state index in [1.54, 1.807) is 10.3 Å². The van der Waals surface area contributed by atoms with Crippen LogP contribution in [0.15, 0.2) is 5.38 Å². The predicted octanol–water partition coefficient (Wildman–Crippen LogP) is 2.71. The van der Waals surface area contributed by atoms with E-state index in [4.69, 9.17) is 0 Å². The fourth-order valence-corrected chi connectivity index (χ4v) is 2.41. The van der Waals surface area contributed by atoms with E-state index in [2.05, 4.69) is 9.72 Å². The van der Waals surface area contributed by atoms with Crippen molar-refractivity contribution in [2.45, 2.75) is 47.2 Å². The van der Waals surface area contributed by atoms with E-state index >= 15 is 0 Å². The summed E-state index contributed by atoms with van der Waals surface area (Å²) in [6.07, 6.45) is 0. The van der Waals surface area contributed by atoms with Crippen LogP contribution < -0.4 is 0 Å². The number of hydrogen-bond acceptors (Lipinski definition) is 5. The number of hydrogen-bond donors (Lipinski definition) is 0. The summed E-state index contributed by atoms with van der Waals surface area (Å²) < 4.78 is 4.63. The molecular formula is C14H22N2O3S. The molecule has 20 heavy (non-hydrogen) atoms. The van der Waals surface area contributed by atoms with Crippen LogP contribution in [-0.4, -0.2) is 34.9 Å². The zero-order chi connectivity index (χ0) is 15.5. The average Bonchev–Trinajstić information content (AvgIpc) is 2.81. The second-order valence-corrected chi connectivity index (χ2v) is 6.84. The molecule has 0 spiro atoms. The van der Waals surface area contributed by atoms with Gasteiger partial charge in [-0.2, -0.15) is 0 Å². The van der Waals surface area contributed by atoms with Crippen LogP contribution in [0.5, 0.6) is 0 Å². The molecule has 0 N–H and O–H groups in total. The molecular weight excluding hydrogens is 276 g/mol. The molecule has 0 unspecified atom stereocenters. The molecule has 0 saturated carbocycles. The summed E-state index contributed by atoms with van der Waals surface area (Å²) in [6, 6.07) is 0.0761. The topological polar surface area (TPSA) is 59.5 Å². The van der Waals surface area contributed by atoms with Crippen molar-refractivity contribution in [1.82, 2.24) is 9.88 Å². The van der Waals surface area contributed by atoms with Crippen LogP contribution in [0, 0.1) is 5.41 Å². The van der Waals surface area contributed by atoms with Gasteiger partial charge in [-0.1, -0.05) is 20.8 Å². The highest BCUT2D eigenvalue weighted by Gasteiger charge is 2.29. The van der Waals surface area contributed by atoms with Crippen molar-refractivity contribution in [3.8, 4) is 0 Å². The molecule has 0 aliphatic rings. The lowest BCUT2D eigenvalue weighted by atomic mass is 9.94. The molecule has 0 aliphatic heterocycles. The van der Waals surface area contributed by atoms with E-state index in [1.807, 2.05) is 34.6 Å². The molecule has 0 aliphatic carbocycles. The van der Waals surface area contributed by atoms with Gasteiger partial charge in [0.2, 0.25) is 5.91 Å². The first-order chi connectivity index (χ1) is 9.16. The summed E-state index contributed by atoms with van der Waals surface area (Å²) in [7, 11) is 1.32. The lowest BCUT2D eigenvalue weighted by Gasteiger charge is -2.32. The van der Waals surface area contributed by atoms with E-state index < -0.39 is 11.4 Å². The van der Waals surface area contributed by atoms with Crippen LogP contribution in [0.25, 0.3) is 0 Å². The summed E-state index contributed by atoms with van der Waals surface area (Å²) >= 11 is 1.36. The molecule has 1 aromatic rings. The Bertz CT molecular complexity index is 489. The van der Waals surface area contributed by atoms with E-state index in [0.29, 0.717) is 12.2 Å². The number of nitrogens with zero attached hydrogens (tertiary/aromatic N) is 2. The summed E-state index contributed by atoms with van der Waals surface area (Å²) in [4.78, 5) is 29.8. The molecule has 112 valence electrons. The minimum Gasteiger partial charge on any atom is -0.464 e. The van der Waals surface area contributed by atoms with Gasteiger partial charge < -0.3 is 9.64 Å². The van der Waals surface area contributed by atoms with Crippen molar-refractivity contribution in [3.05, 3.63) is 16.1 Å². The molecule has 0 bridgehead atoms. The molecule has 1 heterocycles. The third kappa shape index (κ3) is 4.03. The first-order valence-corrected chi connectivity index (χ1v) is 7.38. The minimum absolute atomic E-state index is 0.0716. The maximum Gasteiger partial charge on any atom is 0.357 e. The summed E-state index contributed by atoms with van der Waals surface area (Å²) in [5.41, 5.74) is -0.147. The van der Waals surface area contributed by atoms with Crippen LogP contribution in [0.3, 0.4) is 0 Å². The fraction of sp³-hybridized carbons (Fsp3) is 0.643.